The van der Waals surface area contributed by atoms with Crippen molar-refractivity contribution in [3.05, 3.63) is 0 Å². The molecule has 24 heavy (non-hydrogen) atoms. The van der Waals surface area contributed by atoms with Gasteiger partial charge in [0.2, 0.25) is 11.8 Å². The lowest BCUT2D eigenvalue weighted by atomic mass is 9.95. The first kappa shape index (κ1) is 19.5. The molecule has 2 N–H and O–H groups in total. The van der Waals surface area contributed by atoms with Crippen molar-refractivity contribution in [3.8, 4) is 0 Å². The number of piperidine rings is 1. The average molecular weight is 358 g/mol. The number of nitrogens with zero attached hydrogens (tertiary/aromatic N) is 1. The Morgan fingerprint density at radius 3 is 2.21 bits per heavy atom. The molecule has 0 spiro atoms. The third-order valence-electron chi connectivity index (χ3n) is 5.69. The van der Waals surface area contributed by atoms with E-state index < -0.39 is 0 Å². The molecule has 2 aliphatic carbocycles. The van der Waals surface area contributed by atoms with Crippen LogP contribution in [0.2, 0.25) is 0 Å². The molecule has 0 radical (unpaired) electrons. The summed E-state index contributed by atoms with van der Waals surface area (Å²) >= 11 is 0. The fourth-order valence-electron chi connectivity index (χ4n) is 4.05. The van der Waals surface area contributed by atoms with Gasteiger partial charge >= 0.3 is 0 Å². The summed E-state index contributed by atoms with van der Waals surface area (Å²) in [4.78, 5) is 26.4. The molecule has 138 valence electrons. The van der Waals surface area contributed by atoms with E-state index in [-0.39, 0.29) is 30.3 Å². The highest BCUT2D eigenvalue weighted by atomic mass is 35.5. The lowest BCUT2D eigenvalue weighted by Crippen LogP contribution is -2.54. The first-order chi connectivity index (χ1) is 11.1. The molecular weight excluding hydrogens is 326 g/mol. The molecule has 5 nitrogen and oxygen atoms in total. The molecule has 2 saturated carbocycles. The highest BCUT2D eigenvalue weighted by molar-refractivity contribution is 5.87. The summed E-state index contributed by atoms with van der Waals surface area (Å²) in [6, 6.07) is 0.260. The monoisotopic (exact) mass is 357 g/mol. The zero-order chi connectivity index (χ0) is 16.2. The Morgan fingerprint density at radius 1 is 1.04 bits per heavy atom. The molecular formula is C18H32ClN3O2. The molecule has 0 aromatic heterocycles. The van der Waals surface area contributed by atoms with Crippen LogP contribution in [0, 0.1) is 11.8 Å². The molecule has 0 bridgehead atoms. The van der Waals surface area contributed by atoms with Crippen molar-refractivity contribution in [3.63, 3.8) is 0 Å². The fraction of sp³-hybridized carbons (Fsp3) is 0.889. The summed E-state index contributed by atoms with van der Waals surface area (Å²) in [6.45, 7) is 4.31. The first-order valence-electron chi connectivity index (χ1n) is 9.42. The van der Waals surface area contributed by atoms with Crippen LogP contribution >= 0.6 is 12.4 Å². The van der Waals surface area contributed by atoms with E-state index in [4.69, 9.17) is 0 Å². The molecule has 3 fully saturated rings. The highest BCUT2D eigenvalue weighted by Crippen LogP contribution is 2.30. The standard InChI is InChI=1S/C18H31N3O2.ClH/c1-13(22)20-17(15-4-2-3-5-15)18(23)21-10-8-16(9-11-21)19-12-14-6-7-14;/h14-17,19H,2-12H2,1H3,(H,20,22);1H. The normalized spacial score (nSPS) is 23.6. The Kier molecular flexibility index (Phi) is 7.35. The van der Waals surface area contributed by atoms with Crippen LogP contribution in [0.1, 0.15) is 58.3 Å². The van der Waals surface area contributed by atoms with Gasteiger partial charge in [-0.1, -0.05) is 12.8 Å². The summed E-state index contributed by atoms with van der Waals surface area (Å²) < 4.78 is 0. The molecule has 1 aliphatic heterocycles. The van der Waals surface area contributed by atoms with Gasteiger partial charge in [-0.3, -0.25) is 9.59 Å². The summed E-state index contributed by atoms with van der Waals surface area (Å²) in [5.41, 5.74) is 0. The molecule has 3 rings (SSSR count). The van der Waals surface area contributed by atoms with Crippen LogP contribution in [0.3, 0.4) is 0 Å². The third-order valence-corrected chi connectivity index (χ3v) is 5.69. The Bertz CT molecular complexity index is 428. The van der Waals surface area contributed by atoms with Crippen LogP contribution in [0.4, 0.5) is 0 Å². The Morgan fingerprint density at radius 2 is 1.67 bits per heavy atom. The van der Waals surface area contributed by atoms with Crippen molar-refractivity contribution in [2.45, 2.75) is 70.4 Å². The number of likely N-dealkylation sites (tertiary alicyclic amines) is 1. The lowest BCUT2D eigenvalue weighted by Gasteiger charge is -2.36. The largest absolute Gasteiger partial charge is 0.344 e. The van der Waals surface area contributed by atoms with Crippen molar-refractivity contribution in [1.82, 2.24) is 15.5 Å². The number of halogens is 1. The van der Waals surface area contributed by atoms with Gasteiger partial charge in [-0.15, -0.1) is 12.4 Å². The maximum atomic E-state index is 12.9. The molecule has 1 atom stereocenters. The van der Waals surface area contributed by atoms with E-state index in [1.54, 1.807) is 0 Å². The number of nitrogens with one attached hydrogen (secondary N) is 2. The minimum absolute atomic E-state index is 0. The van der Waals surface area contributed by atoms with Crippen LogP contribution in [0.25, 0.3) is 0 Å². The predicted molar refractivity (Wildman–Crippen MR) is 97.1 cm³/mol. The second-order valence-electron chi connectivity index (χ2n) is 7.67. The van der Waals surface area contributed by atoms with Crippen molar-refractivity contribution in [2.24, 2.45) is 11.8 Å². The minimum Gasteiger partial charge on any atom is -0.344 e. The Balaban J connectivity index is 0.00000208. The number of hydrogen-bond acceptors (Lipinski definition) is 3. The van der Waals surface area contributed by atoms with E-state index >= 15 is 0 Å². The van der Waals surface area contributed by atoms with Gasteiger partial charge < -0.3 is 15.5 Å². The molecule has 1 unspecified atom stereocenters. The quantitative estimate of drug-likeness (QED) is 0.765. The van der Waals surface area contributed by atoms with Crippen LogP contribution in [0.5, 0.6) is 0 Å². The maximum Gasteiger partial charge on any atom is 0.245 e. The highest BCUT2D eigenvalue weighted by Gasteiger charge is 2.35. The van der Waals surface area contributed by atoms with Gasteiger partial charge in [0.15, 0.2) is 0 Å². The van der Waals surface area contributed by atoms with E-state index in [1.165, 1.54) is 32.6 Å². The van der Waals surface area contributed by atoms with Crippen LogP contribution in [-0.2, 0) is 9.59 Å². The predicted octanol–water partition coefficient (Wildman–Crippen LogP) is 2.09. The summed E-state index contributed by atoms with van der Waals surface area (Å²) in [6.07, 6.45) is 9.33. The van der Waals surface area contributed by atoms with E-state index in [9.17, 15) is 9.59 Å². The fourth-order valence-corrected chi connectivity index (χ4v) is 4.05. The van der Waals surface area contributed by atoms with Crippen LogP contribution < -0.4 is 10.6 Å². The maximum absolute atomic E-state index is 12.9. The number of carbonyl (C=O) groups is 2. The zero-order valence-corrected chi connectivity index (χ0v) is 15.6. The second-order valence-corrected chi connectivity index (χ2v) is 7.67. The smallest absolute Gasteiger partial charge is 0.245 e. The molecule has 3 aliphatic rings. The topological polar surface area (TPSA) is 61.4 Å². The number of hydrogen-bond donors (Lipinski definition) is 2. The molecule has 2 amide bonds. The van der Waals surface area contributed by atoms with Crippen molar-refractivity contribution in [2.75, 3.05) is 19.6 Å². The second kappa shape index (κ2) is 9.04. The molecule has 6 heteroatoms. The van der Waals surface area contributed by atoms with Crippen molar-refractivity contribution < 1.29 is 9.59 Å². The summed E-state index contributed by atoms with van der Waals surface area (Å²) in [7, 11) is 0. The van der Waals surface area contributed by atoms with E-state index in [1.807, 2.05) is 4.90 Å². The molecule has 1 saturated heterocycles. The molecule has 0 aromatic carbocycles. The summed E-state index contributed by atoms with van der Waals surface area (Å²) in [5, 5.41) is 6.58. The first-order valence-corrected chi connectivity index (χ1v) is 9.42. The van der Waals surface area contributed by atoms with Crippen LogP contribution in [-0.4, -0.2) is 48.4 Å². The minimum atomic E-state index is -0.300. The SMILES string of the molecule is CC(=O)NC(C(=O)N1CCC(NCC2CC2)CC1)C1CCCC1.Cl. The van der Waals surface area contributed by atoms with Gasteiger partial charge in [0.25, 0.3) is 0 Å². The number of amides is 2. The van der Waals surface area contributed by atoms with Crippen molar-refractivity contribution >= 4 is 24.2 Å². The number of rotatable bonds is 6. The molecule has 1 heterocycles. The number of carbonyl (C=O) groups excluding carboxylic acids is 2. The van der Waals surface area contributed by atoms with E-state index in [2.05, 4.69) is 10.6 Å². The third kappa shape index (κ3) is 5.35. The summed E-state index contributed by atoms with van der Waals surface area (Å²) in [5.74, 6) is 1.29. The van der Waals surface area contributed by atoms with Gasteiger partial charge in [-0.2, -0.15) is 0 Å². The zero-order valence-electron chi connectivity index (χ0n) is 14.8. The van der Waals surface area contributed by atoms with Gasteiger partial charge in [-0.25, -0.2) is 0 Å². The van der Waals surface area contributed by atoms with Gasteiger partial charge in [-0.05, 0) is 56.9 Å². The van der Waals surface area contributed by atoms with Gasteiger partial charge in [0.05, 0.1) is 0 Å². The lowest BCUT2D eigenvalue weighted by molar-refractivity contribution is -0.138. The van der Waals surface area contributed by atoms with Crippen molar-refractivity contribution in [1.29, 1.82) is 0 Å². The van der Waals surface area contributed by atoms with Gasteiger partial charge in [0.1, 0.15) is 6.04 Å². The molecule has 0 aromatic rings. The Labute approximate surface area is 151 Å². The van der Waals surface area contributed by atoms with E-state index in [0.29, 0.717) is 12.0 Å². The van der Waals surface area contributed by atoms with Crippen LogP contribution in [0.15, 0.2) is 0 Å². The Hall–Kier alpha value is -0.810. The van der Waals surface area contributed by atoms with Gasteiger partial charge in [0, 0.05) is 26.1 Å². The van der Waals surface area contributed by atoms with E-state index in [0.717, 1.165) is 51.2 Å². The average Bonchev–Trinajstić information content (AvgIpc) is 3.22.